The van der Waals surface area contributed by atoms with Crippen LogP contribution in [0.1, 0.15) is 17.4 Å². The molecule has 1 aliphatic heterocycles. The van der Waals surface area contributed by atoms with Gasteiger partial charge in [0.25, 0.3) is 0 Å². The van der Waals surface area contributed by atoms with Gasteiger partial charge in [0.15, 0.2) is 5.82 Å². The highest BCUT2D eigenvalue weighted by Gasteiger charge is 2.26. The zero-order valence-electron chi connectivity index (χ0n) is 15.1. The topological polar surface area (TPSA) is 71.1 Å². The quantitative estimate of drug-likeness (QED) is 0.663. The number of ether oxygens (including phenoxy) is 1. The van der Waals surface area contributed by atoms with Gasteiger partial charge in [-0.15, -0.1) is 16.4 Å². The molecule has 0 spiro atoms. The van der Waals surface area contributed by atoms with Gasteiger partial charge < -0.3 is 9.64 Å². The lowest BCUT2D eigenvalue weighted by atomic mass is 10.1. The van der Waals surface area contributed by atoms with E-state index in [0.717, 1.165) is 24.3 Å². The molecule has 1 atom stereocenters. The standard InChI is InChI=1S/C19H20N4O2S2/c1-12(18(24)23-9-7-16-14(11-23)8-10-26-16)27-19-20-17(21-22-19)13-3-5-15(25-2)6-4-13/h3-6,8,10,12H,7,9,11H2,1-2H3,(H,20,21,22). The first kappa shape index (κ1) is 18.1. The Balaban J connectivity index is 1.40. The van der Waals surface area contributed by atoms with Crippen molar-refractivity contribution in [1.29, 1.82) is 0 Å². The zero-order valence-corrected chi connectivity index (χ0v) is 16.8. The fourth-order valence-electron chi connectivity index (χ4n) is 3.08. The van der Waals surface area contributed by atoms with Crippen LogP contribution in [0, 0.1) is 0 Å². The van der Waals surface area contributed by atoms with Crippen LogP contribution in [-0.4, -0.2) is 44.9 Å². The summed E-state index contributed by atoms with van der Waals surface area (Å²) in [5.74, 6) is 1.61. The largest absolute Gasteiger partial charge is 0.497 e. The molecule has 1 N–H and O–H groups in total. The molecule has 8 heteroatoms. The van der Waals surface area contributed by atoms with E-state index in [0.29, 0.717) is 17.5 Å². The van der Waals surface area contributed by atoms with Crippen LogP contribution in [0.5, 0.6) is 5.75 Å². The highest BCUT2D eigenvalue weighted by molar-refractivity contribution is 8.00. The number of fused-ring (bicyclic) bond motifs is 1. The van der Waals surface area contributed by atoms with Crippen LogP contribution >= 0.6 is 23.1 Å². The summed E-state index contributed by atoms with van der Waals surface area (Å²) < 4.78 is 5.17. The summed E-state index contributed by atoms with van der Waals surface area (Å²) in [6.45, 7) is 3.40. The molecule has 0 aliphatic carbocycles. The van der Waals surface area contributed by atoms with E-state index in [2.05, 4.69) is 26.6 Å². The van der Waals surface area contributed by atoms with Crippen molar-refractivity contribution in [1.82, 2.24) is 20.1 Å². The second-order valence-electron chi connectivity index (χ2n) is 6.33. The second kappa shape index (κ2) is 7.74. The van der Waals surface area contributed by atoms with Crippen molar-refractivity contribution >= 4 is 29.0 Å². The molecule has 1 unspecified atom stereocenters. The molecule has 0 fully saturated rings. The van der Waals surface area contributed by atoms with E-state index in [4.69, 9.17) is 4.74 Å². The third-order valence-corrected chi connectivity index (χ3v) is 6.55. The number of hydrogen-bond donors (Lipinski definition) is 1. The number of rotatable bonds is 5. The average Bonchev–Trinajstić information content (AvgIpc) is 3.36. The van der Waals surface area contributed by atoms with Crippen molar-refractivity contribution in [2.45, 2.75) is 30.3 Å². The molecule has 27 heavy (non-hydrogen) atoms. The van der Waals surface area contributed by atoms with Gasteiger partial charge in [-0.3, -0.25) is 9.89 Å². The van der Waals surface area contributed by atoms with E-state index in [-0.39, 0.29) is 11.2 Å². The number of amides is 1. The summed E-state index contributed by atoms with van der Waals surface area (Å²) in [4.78, 5) is 20.7. The number of aromatic nitrogens is 3. The molecule has 0 bridgehead atoms. The SMILES string of the molecule is COc1ccc(-c2nc(SC(C)C(=O)N3CCc4sccc4C3)n[nH]2)cc1. The van der Waals surface area contributed by atoms with Gasteiger partial charge in [-0.1, -0.05) is 11.8 Å². The number of thiophene rings is 1. The summed E-state index contributed by atoms with van der Waals surface area (Å²) in [6, 6.07) is 9.73. The number of methoxy groups -OCH3 is 1. The Hall–Kier alpha value is -2.32. The smallest absolute Gasteiger partial charge is 0.236 e. The molecule has 6 nitrogen and oxygen atoms in total. The maximum Gasteiger partial charge on any atom is 0.236 e. The third-order valence-electron chi connectivity index (χ3n) is 4.58. The Morgan fingerprint density at radius 1 is 1.33 bits per heavy atom. The van der Waals surface area contributed by atoms with E-state index < -0.39 is 0 Å². The van der Waals surface area contributed by atoms with Gasteiger partial charge in [-0.2, -0.15) is 0 Å². The number of H-pyrrole nitrogens is 1. The number of nitrogens with one attached hydrogen (secondary N) is 1. The second-order valence-corrected chi connectivity index (χ2v) is 8.64. The first-order valence-electron chi connectivity index (χ1n) is 8.71. The minimum Gasteiger partial charge on any atom is -0.497 e. The van der Waals surface area contributed by atoms with Crippen LogP contribution < -0.4 is 4.74 Å². The van der Waals surface area contributed by atoms with E-state index in [1.165, 1.54) is 22.2 Å². The first-order chi connectivity index (χ1) is 13.1. The van der Waals surface area contributed by atoms with E-state index in [1.54, 1.807) is 18.4 Å². The molecule has 140 valence electrons. The van der Waals surface area contributed by atoms with Crippen molar-refractivity contribution in [3.05, 3.63) is 46.2 Å². The molecular weight excluding hydrogens is 380 g/mol. The predicted octanol–water partition coefficient (Wildman–Crippen LogP) is 3.61. The number of aromatic amines is 1. The number of thioether (sulfide) groups is 1. The van der Waals surface area contributed by atoms with Gasteiger partial charge in [0.05, 0.1) is 12.4 Å². The number of carbonyl (C=O) groups excluding carboxylic acids is 1. The minimum absolute atomic E-state index is 0.132. The molecule has 0 saturated carbocycles. The number of nitrogens with zero attached hydrogens (tertiary/aromatic N) is 3. The van der Waals surface area contributed by atoms with Crippen LogP contribution in [0.4, 0.5) is 0 Å². The Morgan fingerprint density at radius 2 is 2.15 bits per heavy atom. The fraction of sp³-hybridized carbons (Fsp3) is 0.316. The molecule has 3 heterocycles. The molecule has 4 rings (SSSR count). The Kier molecular flexibility index (Phi) is 5.18. The van der Waals surface area contributed by atoms with Crippen LogP contribution in [0.3, 0.4) is 0 Å². The maximum atomic E-state index is 12.8. The van der Waals surface area contributed by atoms with Crippen molar-refractivity contribution in [2.24, 2.45) is 0 Å². The van der Waals surface area contributed by atoms with E-state index in [1.807, 2.05) is 36.1 Å². The van der Waals surface area contributed by atoms with Gasteiger partial charge in [0.1, 0.15) is 5.75 Å². The molecule has 3 aromatic rings. The number of hydrogen-bond acceptors (Lipinski definition) is 6. The summed E-state index contributed by atoms with van der Waals surface area (Å²) in [7, 11) is 1.64. The Bertz CT molecular complexity index is 935. The molecule has 1 amide bonds. The van der Waals surface area contributed by atoms with Gasteiger partial charge >= 0.3 is 0 Å². The van der Waals surface area contributed by atoms with Crippen molar-refractivity contribution in [3.63, 3.8) is 0 Å². The summed E-state index contributed by atoms with van der Waals surface area (Å²) in [6.07, 6.45) is 0.943. The third kappa shape index (κ3) is 3.86. The van der Waals surface area contributed by atoms with Crippen LogP contribution in [0.2, 0.25) is 0 Å². The number of benzene rings is 1. The first-order valence-corrected chi connectivity index (χ1v) is 10.5. The van der Waals surface area contributed by atoms with E-state index in [9.17, 15) is 4.79 Å². The molecule has 1 aliphatic rings. The molecular formula is C19H20N4O2S2. The Labute approximate surface area is 166 Å². The van der Waals surface area contributed by atoms with E-state index >= 15 is 0 Å². The summed E-state index contributed by atoms with van der Waals surface area (Å²) >= 11 is 3.16. The van der Waals surface area contributed by atoms with Gasteiger partial charge in [-0.25, -0.2) is 4.98 Å². The lowest BCUT2D eigenvalue weighted by Crippen LogP contribution is -2.39. The normalized spacial score (nSPS) is 14.7. The summed E-state index contributed by atoms with van der Waals surface area (Å²) in [5.41, 5.74) is 2.20. The van der Waals surface area contributed by atoms with Crippen molar-refractivity contribution in [2.75, 3.05) is 13.7 Å². The molecule has 0 saturated heterocycles. The average molecular weight is 401 g/mol. The molecule has 1 aromatic carbocycles. The maximum absolute atomic E-state index is 12.8. The lowest BCUT2D eigenvalue weighted by Gasteiger charge is -2.28. The highest BCUT2D eigenvalue weighted by atomic mass is 32.2. The number of carbonyl (C=O) groups is 1. The Morgan fingerprint density at radius 3 is 2.93 bits per heavy atom. The fourth-order valence-corrected chi connectivity index (χ4v) is 4.78. The van der Waals surface area contributed by atoms with Gasteiger partial charge in [-0.05, 0) is 54.6 Å². The predicted molar refractivity (Wildman–Crippen MR) is 107 cm³/mol. The minimum atomic E-state index is -0.232. The summed E-state index contributed by atoms with van der Waals surface area (Å²) in [5, 5.41) is 9.65. The molecule has 0 radical (unpaired) electrons. The molecule has 2 aromatic heterocycles. The lowest BCUT2D eigenvalue weighted by molar-refractivity contribution is -0.131. The zero-order chi connectivity index (χ0) is 18.8. The van der Waals surface area contributed by atoms with Gasteiger partial charge in [0, 0.05) is 23.5 Å². The van der Waals surface area contributed by atoms with Crippen molar-refractivity contribution in [3.8, 4) is 17.1 Å². The van der Waals surface area contributed by atoms with Crippen LogP contribution in [-0.2, 0) is 17.8 Å². The van der Waals surface area contributed by atoms with Crippen LogP contribution in [0.25, 0.3) is 11.4 Å². The van der Waals surface area contributed by atoms with Crippen LogP contribution in [0.15, 0.2) is 40.9 Å². The monoisotopic (exact) mass is 400 g/mol. The van der Waals surface area contributed by atoms with Crippen molar-refractivity contribution < 1.29 is 9.53 Å². The highest BCUT2D eigenvalue weighted by Crippen LogP contribution is 2.28. The van der Waals surface area contributed by atoms with Gasteiger partial charge in [0.2, 0.25) is 11.1 Å².